The molecule has 0 fully saturated rings. The Kier molecular flexibility index (Phi) is 8.65. The Morgan fingerprint density at radius 3 is 1.95 bits per heavy atom. The monoisotopic (exact) mass is 309 g/mol. The van der Waals surface area contributed by atoms with Crippen LogP contribution in [0.4, 0.5) is 5.69 Å². The van der Waals surface area contributed by atoms with Gasteiger partial charge in [-0.1, -0.05) is 18.2 Å². The molecular weight excluding hydrogens is 290 g/mol. The molecule has 0 aliphatic carbocycles. The van der Waals surface area contributed by atoms with E-state index in [0.29, 0.717) is 12.2 Å². The van der Waals surface area contributed by atoms with Gasteiger partial charge < -0.3 is 15.9 Å². The topological polar surface area (TPSA) is 137 Å². The van der Waals surface area contributed by atoms with Crippen LogP contribution in [-0.2, 0) is 14.4 Å². The molecule has 8 nitrogen and oxygen atoms in total. The molecule has 5 N–H and O–H groups in total. The van der Waals surface area contributed by atoms with Crippen LogP contribution in [0.1, 0.15) is 13.8 Å². The number of benzene rings is 1. The maximum Gasteiger partial charge on any atom is 0.328 e. The molecule has 22 heavy (non-hydrogen) atoms. The van der Waals surface area contributed by atoms with Gasteiger partial charge in [-0.25, -0.2) is 9.59 Å². The fourth-order valence-corrected chi connectivity index (χ4v) is 1.17. The SMILES string of the molecule is CC(C)ON(C(=N)N)c1ccccc1.O=C(O)/C=C/C(=O)O. The van der Waals surface area contributed by atoms with Crippen molar-refractivity contribution in [3.05, 3.63) is 42.5 Å². The third kappa shape index (κ3) is 9.10. The average molecular weight is 309 g/mol. The van der Waals surface area contributed by atoms with Gasteiger partial charge in [-0.2, -0.15) is 5.06 Å². The number of carboxylic acids is 2. The highest BCUT2D eigenvalue weighted by Gasteiger charge is 2.11. The minimum atomic E-state index is -1.26. The number of guanidine groups is 1. The molecule has 120 valence electrons. The fraction of sp³-hybridized carbons (Fsp3) is 0.214. The molecule has 8 heteroatoms. The third-order valence-electron chi connectivity index (χ3n) is 1.89. The number of carboxylic acid groups (broad SMARTS) is 2. The average Bonchev–Trinajstić information content (AvgIpc) is 2.44. The Bertz CT molecular complexity index is 513. The largest absolute Gasteiger partial charge is 0.478 e. The standard InChI is InChI=1S/C10H15N3O.C4H4O4/c1-8(2)14-13(10(11)12)9-6-4-3-5-7-9;5-3(6)1-2-4(7)8/h3-8H,1-2H3,(H3,11,12);1-2H,(H,5,6)(H,7,8)/b;2-1+. The third-order valence-corrected chi connectivity index (χ3v) is 1.89. The lowest BCUT2D eigenvalue weighted by Gasteiger charge is -2.23. The minimum Gasteiger partial charge on any atom is -0.478 e. The van der Waals surface area contributed by atoms with E-state index in [-0.39, 0.29) is 12.1 Å². The van der Waals surface area contributed by atoms with Gasteiger partial charge in [0.15, 0.2) is 0 Å². The second-order valence-corrected chi connectivity index (χ2v) is 4.18. The van der Waals surface area contributed by atoms with E-state index in [0.717, 1.165) is 5.69 Å². The van der Waals surface area contributed by atoms with E-state index in [1.165, 1.54) is 5.06 Å². The maximum absolute atomic E-state index is 9.55. The van der Waals surface area contributed by atoms with E-state index in [9.17, 15) is 9.59 Å². The Morgan fingerprint density at radius 2 is 1.64 bits per heavy atom. The van der Waals surface area contributed by atoms with Gasteiger partial charge in [0.25, 0.3) is 0 Å². The number of hydrogen-bond donors (Lipinski definition) is 4. The van der Waals surface area contributed by atoms with Gasteiger partial charge in [0.2, 0.25) is 5.96 Å². The molecule has 0 radical (unpaired) electrons. The van der Waals surface area contributed by atoms with Crippen molar-refractivity contribution in [3.8, 4) is 0 Å². The molecule has 0 saturated carbocycles. The molecule has 1 aromatic carbocycles. The molecule has 0 bridgehead atoms. The van der Waals surface area contributed by atoms with Crippen LogP contribution >= 0.6 is 0 Å². The summed E-state index contributed by atoms with van der Waals surface area (Å²) >= 11 is 0. The van der Waals surface area contributed by atoms with Gasteiger partial charge in [-0.3, -0.25) is 10.2 Å². The lowest BCUT2D eigenvalue weighted by atomic mass is 10.3. The minimum absolute atomic E-state index is 0.0147. The van der Waals surface area contributed by atoms with Gasteiger partial charge >= 0.3 is 11.9 Å². The number of anilines is 1. The first-order valence-electron chi connectivity index (χ1n) is 6.24. The first-order valence-corrected chi connectivity index (χ1v) is 6.24. The lowest BCUT2D eigenvalue weighted by molar-refractivity contribution is -0.134. The number of carbonyl (C=O) groups is 2. The van der Waals surface area contributed by atoms with Gasteiger partial charge in [-0.05, 0) is 26.0 Å². The zero-order valence-corrected chi connectivity index (χ0v) is 12.3. The number of nitrogens with zero attached hydrogens (tertiary/aromatic N) is 1. The lowest BCUT2D eigenvalue weighted by Crippen LogP contribution is -2.38. The van der Waals surface area contributed by atoms with Crippen molar-refractivity contribution in [2.75, 3.05) is 5.06 Å². The summed E-state index contributed by atoms with van der Waals surface area (Å²) in [5, 5.41) is 24.3. The second-order valence-electron chi connectivity index (χ2n) is 4.18. The molecule has 0 unspecified atom stereocenters. The van der Waals surface area contributed by atoms with E-state index < -0.39 is 11.9 Å². The van der Waals surface area contributed by atoms with E-state index in [2.05, 4.69) is 0 Å². The first-order chi connectivity index (χ1) is 10.2. The summed E-state index contributed by atoms with van der Waals surface area (Å²) in [4.78, 5) is 24.5. The van der Waals surface area contributed by atoms with Crippen LogP contribution in [-0.4, -0.2) is 34.2 Å². The van der Waals surface area contributed by atoms with Crippen molar-refractivity contribution < 1.29 is 24.6 Å². The summed E-state index contributed by atoms with van der Waals surface area (Å²) in [6.45, 7) is 3.78. The number of aliphatic carboxylic acids is 2. The Balaban J connectivity index is 0.000000472. The molecule has 1 aromatic rings. The zero-order valence-electron chi connectivity index (χ0n) is 12.3. The van der Waals surface area contributed by atoms with E-state index in [4.69, 9.17) is 26.2 Å². The zero-order chi connectivity index (χ0) is 17.1. The Labute approximate surface area is 127 Å². The van der Waals surface area contributed by atoms with Crippen molar-refractivity contribution in [2.45, 2.75) is 20.0 Å². The highest BCUT2D eigenvalue weighted by Crippen LogP contribution is 2.14. The molecule has 1 rings (SSSR count). The van der Waals surface area contributed by atoms with Crippen molar-refractivity contribution >= 4 is 23.6 Å². The van der Waals surface area contributed by atoms with E-state index in [1.807, 2.05) is 44.2 Å². The van der Waals surface area contributed by atoms with Crippen LogP contribution < -0.4 is 10.8 Å². The van der Waals surface area contributed by atoms with Gasteiger partial charge in [0.05, 0.1) is 11.8 Å². The summed E-state index contributed by atoms with van der Waals surface area (Å²) in [6.07, 6.45) is 1.10. The molecule has 0 amide bonds. The first kappa shape index (κ1) is 19.1. The quantitative estimate of drug-likeness (QED) is 0.279. The summed E-state index contributed by atoms with van der Waals surface area (Å²) in [5.41, 5.74) is 6.16. The molecule has 0 heterocycles. The number of rotatable bonds is 5. The highest BCUT2D eigenvalue weighted by molar-refractivity contribution is 5.90. The molecule has 0 aliphatic rings. The Hall–Kier alpha value is -2.87. The Morgan fingerprint density at radius 1 is 1.18 bits per heavy atom. The number of nitrogens with two attached hydrogens (primary N) is 1. The number of para-hydroxylation sites is 1. The predicted molar refractivity (Wildman–Crippen MR) is 81.5 cm³/mol. The molecule has 0 atom stereocenters. The van der Waals surface area contributed by atoms with Crippen molar-refractivity contribution in [2.24, 2.45) is 5.73 Å². The molecule has 0 aromatic heterocycles. The van der Waals surface area contributed by atoms with Gasteiger partial charge in [0.1, 0.15) is 0 Å². The number of hydroxylamine groups is 1. The second kappa shape index (κ2) is 9.94. The molecule has 0 aliphatic heterocycles. The van der Waals surface area contributed by atoms with Crippen LogP contribution in [0.2, 0.25) is 0 Å². The fourth-order valence-electron chi connectivity index (χ4n) is 1.17. The summed E-state index contributed by atoms with van der Waals surface area (Å²) in [6, 6.07) is 9.31. The predicted octanol–water partition coefficient (Wildman–Crippen LogP) is 1.44. The summed E-state index contributed by atoms with van der Waals surface area (Å²) in [7, 11) is 0. The van der Waals surface area contributed by atoms with Crippen molar-refractivity contribution in [1.82, 2.24) is 0 Å². The van der Waals surface area contributed by atoms with Gasteiger partial charge in [0, 0.05) is 12.2 Å². The summed E-state index contributed by atoms with van der Waals surface area (Å²) < 4.78 is 0. The molecule has 0 saturated heterocycles. The van der Waals surface area contributed by atoms with Crippen molar-refractivity contribution in [1.29, 1.82) is 5.41 Å². The number of hydrogen-bond acceptors (Lipinski definition) is 4. The number of nitrogens with one attached hydrogen (secondary N) is 1. The summed E-state index contributed by atoms with van der Waals surface area (Å²) in [5.74, 6) is -2.63. The molecular formula is C14H19N3O5. The maximum atomic E-state index is 9.55. The van der Waals surface area contributed by atoms with Crippen LogP contribution in [0.5, 0.6) is 0 Å². The van der Waals surface area contributed by atoms with Crippen LogP contribution in [0.25, 0.3) is 0 Å². The molecule has 0 spiro atoms. The van der Waals surface area contributed by atoms with Crippen LogP contribution in [0, 0.1) is 5.41 Å². The van der Waals surface area contributed by atoms with Crippen LogP contribution in [0.15, 0.2) is 42.5 Å². The smallest absolute Gasteiger partial charge is 0.328 e. The van der Waals surface area contributed by atoms with Crippen LogP contribution in [0.3, 0.4) is 0 Å². The van der Waals surface area contributed by atoms with E-state index in [1.54, 1.807) is 0 Å². The van der Waals surface area contributed by atoms with E-state index >= 15 is 0 Å². The highest BCUT2D eigenvalue weighted by atomic mass is 16.7. The van der Waals surface area contributed by atoms with Gasteiger partial charge in [-0.15, -0.1) is 0 Å². The van der Waals surface area contributed by atoms with Crippen molar-refractivity contribution in [3.63, 3.8) is 0 Å². The normalized spacial score (nSPS) is 9.95.